The van der Waals surface area contributed by atoms with E-state index < -0.39 is 0 Å². The third kappa shape index (κ3) is 2.51. The Balaban J connectivity index is 1.52. The van der Waals surface area contributed by atoms with Gasteiger partial charge in [0, 0.05) is 11.9 Å². The highest BCUT2D eigenvalue weighted by Crippen LogP contribution is 2.34. The van der Waals surface area contributed by atoms with Crippen LogP contribution in [0.1, 0.15) is 29.6 Å². The normalized spacial score (nSPS) is 18.2. The third-order valence-corrected chi connectivity index (χ3v) is 6.53. The summed E-state index contributed by atoms with van der Waals surface area (Å²) in [7, 11) is 0. The predicted molar refractivity (Wildman–Crippen MR) is 92.0 cm³/mol. The number of aryl methyl sites for hydroxylation is 1. The van der Waals surface area contributed by atoms with Crippen LogP contribution in [0.5, 0.6) is 0 Å². The second-order valence-corrected chi connectivity index (χ2v) is 8.42. The van der Waals surface area contributed by atoms with Crippen LogP contribution in [0.4, 0.5) is 9.93 Å². The van der Waals surface area contributed by atoms with Gasteiger partial charge in [0.2, 0.25) is 0 Å². The molecule has 4 rings (SSSR count). The van der Waals surface area contributed by atoms with E-state index in [0.717, 1.165) is 39.6 Å². The predicted octanol–water partition coefficient (Wildman–Crippen LogP) is 4.49. The average Bonchev–Trinajstić information content (AvgIpc) is 3.19. The van der Waals surface area contributed by atoms with Gasteiger partial charge in [-0.3, -0.25) is 5.32 Å². The lowest BCUT2D eigenvalue weighted by Crippen LogP contribution is -2.34. The van der Waals surface area contributed by atoms with E-state index in [1.54, 1.807) is 22.7 Å². The minimum atomic E-state index is -0.0745. The molecule has 114 valence electrons. The number of hydrogen-bond acceptors (Lipinski definition) is 6. The molecule has 1 atom stereocenters. The lowest BCUT2D eigenvalue weighted by Gasteiger charge is -2.23. The number of carbonyl (C=O) groups excluding carboxylic acids is 1. The van der Waals surface area contributed by atoms with Gasteiger partial charge in [-0.2, -0.15) is 0 Å². The summed E-state index contributed by atoms with van der Waals surface area (Å²) < 4.78 is 1.14. The summed E-state index contributed by atoms with van der Waals surface area (Å²) in [6, 6.07) is 1.99. The Morgan fingerprint density at radius 1 is 1.41 bits per heavy atom. The lowest BCUT2D eigenvalue weighted by atomic mass is 10.2. The molecule has 5 nitrogen and oxygen atoms in total. The molecule has 1 fully saturated rings. The van der Waals surface area contributed by atoms with E-state index in [1.165, 1.54) is 11.3 Å². The monoisotopic (exact) mass is 350 g/mol. The van der Waals surface area contributed by atoms with Gasteiger partial charge in [-0.25, -0.2) is 14.8 Å². The van der Waals surface area contributed by atoms with Crippen molar-refractivity contribution in [1.29, 1.82) is 0 Å². The maximum absolute atomic E-state index is 12.6. The first kappa shape index (κ1) is 14.1. The molecule has 0 saturated carbocycles. The van der Waals surface area contributed by atoms with Crippen molar-refractivity contribution >= 4 is 54.7 Å². The first-order valence-electron chi connectivity index (χ1n) is 7.04. The van der Waals surface area contributed by atoms with Crippen molar-refractivity contribution in [2.75, 3.05) is 11.9 Å². The largest absolute Gasteiger partial charge is 0.324 e. The van der Waals surface area contributed by atoms with E-state index in [2.05, 4.69) is 20.7 Å². The van der Waals surface area contributed by atoms with Crippen LogP contribution in [0.3, 0.4) is 0 Å². The summed E-state index contributed by atoms with van der Waals surface area (Å²) in [4.78, 5) is 23.4. The van der Waals surface area contributed by atoms with Crippen LogP contribution in [0.25, 0.3) is 9.53 Å². The molecule has 3 aromatic rings. The second-order valence-electron chi connectivity index (χ2n) is 5.19. The molecule has 3 aromatic heterocycles. The number of anilines is 1. The molecule has 0 aromatic carbocycles. The van der Waals surface area contributed by atoms with E-state index >= 15 is 0 Å². The number of aromatic nitrogens is 2. The van der Waals surface area contributed by atoms with Gasteiger partial charge >= 0.3 is 6.03 Å². The molecule has 4 heterocycles. The maximum atomic E-state index is 12.6. The van der Waals surface area contributed by atoms with Gasteiger partial charge in [-0.1, -0.05) is 11.3 Å². The summed E-state index contributed by atoms with van der Waals surface area (Å²) in [6.07, 6.45) is 1.99. The Labute approximate surface area is 139 Å². The summed E-state index contributed by atoms with van der Waals surface area (Å²) in [5.41, 5.74) is 1.97. The molecule has 0 radical (unpaired) electrons. The molecule has 8 heteroatoms. The smallest absolute Gasteiger partial charge is 0.316 e. The van der Waals surface area contributed by atoms with Crippen molar-refractivity contribution in [1.82, 2.24) is 14.9 Å². The maximum Gasteiger partial charge on any atom is 0.324 e. The molecule has 22 heavy (non-hydrogen) atoms. The van der Waals surface area contributed by atoms with E-state index in [1.807, 2.05) is 23.3 Å². The van der Waals surface area contributed by atoms with E-state index in [4.69, 9.17) is 0 Å². The van der Waals surface area contributed by atoms with Gasteiger partial charge in [0.05, 0.1) is 22.3 Å². The van der Waals surface area contributed by atoms with Gasteiger partial charge < -0.3 is 4.90 Å². The minimum absolute atomic E-state index is 0.0745. The summed E-state index contributed by atoms with van der Waals surface area (Å²) in [6.45, 7) is 2.77. The lowest BCUT2D eigenvalue weighted by molar-refractivity contribution is 0.206. The van der Waals surface area contributed by atoms with Crippen LogP contribution in [0.2, 0.25) is 0 Å². The molecular weight excluding hydrogens is 336 g/mol. The minimum Gasteiger partial charge on any atom is -0.316 e. The number of nitrogens with one attached hydrogen (secondary N) is 1. The summed E-state index contributed by atoms with van der Waals surface area (Å²) in [5.74, 6) is 0. The molecule has 1 saturated heterocycles. The van der Waals surface area contributed by atoms with E-state index in [9.17, 15) is 4.79 Å². The average molecular weight is 350 g/mol. The molecule has 0 unspecified atom stereocenters. The zero-order chi connectivity index (χ0) is 15.1. The molecule has 1 N–H and O–H groups in total. The molecule has 1 aliphatic rings. The summed E-state index contributed by atoms with van der Waals surface area (Å²) >= 11 is 4.81. The number of urea groups is 1. The fraction of sp³-hybridized carbons (Fsp3) is 0.357. The number of rotatable bonds is 2. The topological polar surface area (TPSA) is 58.1 Å². The number of hydrogen-bond donors (Lipinski definition) is 1. The Morgan fingerprint density at radius 3 is 3.09 bits per heavy atom. The summed E-state index contributed by atoms with van der Waals surface area (Å²) in [5, 5.41) is 8.73. The first-order valence-corrected chi connectivity index (χ1v) is 9.62. The van der Waals surface area contributed by atoms with Crippen LogP contribution in [-0.4, -0.2) is 27.4 Å². The second kappa shape index (κ2) is 5.60. The SMILES string of the molecule is Cc1nc([C@H]2CCCN2C(=O)Nc2nc3ccsc3s2)cs1. The molecule has 0 bridgehead atoms. The number of carbonyl (C=O) groups is 1. The Kier molecular flexibility index (Phi) is 3.59. The van der Waals surface area contributed by atoms with E-state index in [-0.39, 0.29) is 12.1 Å². The molecule has 2 amide bonds. The van der Waals surface area contributed by atoms with Gasteiger partial charge in [0.1, 0.15) is 4.01 Å². The number of thiazole rings is 2. The van der Waals surface area contributed by atoms with Crippen LogP contribution in [0.15, 0.2) is 16.8 Å². The molecular formula is C14H14N4OS3. The van der Waals surface area contributed by atoms with Crippen molar-refractivity contribution in [2.24, 2.45) is 0 Å². The van der Waals surface area contributed by atoms with Gasteiger partial charge in [-0.05, 0) is 31.2 Å². The molecule has 1 aliphatic heterocycles. The van der Waals surface area contributed by atoms with Gasteiger partial charge in [0.15, 0.2) is 5.13 Å². The van der Waals surface area contributed by atoms with Crippen LogP contribution in [-0.2, 0) is 0 Å². The van der Waals surface area contributed by atoms with Crippen molar-refractivity contribution in [2.45, 2.75) is 25.8 Å². The van der Waals surface area contributed by atoms with Crippen LogP contribution >= 0.6 is 34.0 Å². The third-order valence-electron chi connectivity index (χ3n) is 3.73. The number of nitrogens with zero attached hydrogens (tertiary/aromatic N) is 3. The number of thiophene rings is 1. The quantitative estimate of drug-likeness (QED) is 0.741. The molecule has 0 aliphatic carbocycles. The Bertz CT molecular complexity index is 792. The zero-order valence-corrected chi connectivity index (χ0v) is 14.4. The van der Waals surface area contributed by atoms with Crippen molar-refractivity contribution in [3.8, 4) is 0 Å². The number of fused-ring (bicyclic) bond motifs is 1. The number of likely N-dealkylation sites (tertiary alicyclic amines) is 1. The Morgan fingerprint density at radius 2 is 2.32 bits per heavy atom. The van der Waals surface area contributed by atoms with Crippen LogP contribution < -0.4 is 5.32 Å². The highest BCUT2D eigenvalue weighted by Gasteiger charge is 2.31. The standard InChI is InChI=1S/C14H14N4OS3/c1-8-15-10(7-21-8)11-3-2-5-18(11)14(19)17-13-16-9-4-6-20-12(9)22-13/h4,6-7,11H,2-3,5H2,1H3,(H,16,17,19)/t11-/m1/s1. The highest BCUT2D eigenvalue weighted by molar-refractivity contribution is 7.39. The van der Waals surface area contributed by atoms with Crippen LogP contribution in [0, 0.1) is 6.92 Å². The fourth-order valence-corrected chi connectivity index (χ4v) is 5.22. The van der Waals surface area contributed by atoms with Crippen molar-refractivity contribution < 1.29 is 4.79 Å². The van der Waals surface area contributed by atoms with E-state index in [0.29, 0.717) is 5.13 Å². The van der Waals surface area contributed by atoms with Gasteiger partial charge in [-0.15, -0.1) is 22.7 Å². The first-order chi connectivity index (χ1) is 10.7. The number of amides is 2. The highest BCUT2D eigenvalue weighted by atomic mass is 32.2. The Hall–Kier alpha value is -1.51. The van der Waals surface area contributed by atoms with Crippen molar-refractivity contribution in [3.05, 3.63) is 27.5 Å². The fourth-order valence-electron chi connectivity index (χ4n) is 2.74. The van der Waals surface area contributed by atoms with Gasteiger partial charge in [0.25, 0.3) is 0 Å². The molecule has 0 spiro atoms. The zero-order valence-electron chi connectivity index (χ0n) is 11.9. The van der Waals surface area contributed by atoms with Crippen molar-refractivity contribution in [3.63, 3.8) is 0 Å².